The third-order valence-electron chi connectivity index (χ3n) is 3.01. The average Bonchev–Trinajstić information content (AvgIpc) is 2.81. The van der Waals surface area contributed by atoms with E-state index in [0.717, 1.165) is 19.4 Å². The Labute approximate surface area is 99.0 Å². The van der Waals surface area contributed by atoms with Gasteiger partial charge in [0.2, 0.25) is 0 Å². The smallest absolute Gasteiger partial charge is 0.339 e. The molecule has 0 aliphatic carbocycles. The number of carbonyl (C=O) groups is 1. The minimum absolute atomic E-state index is 0.0269. The van der Waals surface area contributed by atoms with Gasteiger partial charge in [0.25, 0.3) is 0 Å². The summed E-state index contributed by atoms with van der Waals surface area (Å²) in [4.78, 5) is 11.1. The van der Waals surface area contributed by atoms with Gasteiger partial charge in [0.05, 0.1) is 7.11 Å². The van der Waals surface area contributed by atoms with Gasteiger partial charge in [0, 0.05) is 17.7 Å². The monoisotopic (exact) mass is 237 g/mol. The first kappa shape index (κ1) is 11.7. The average molecular weight is 237 g/mol. The highest BCUT2D eigenvalue weighted by Crippen LogP contribution is 2.35. The third-order valence-corrected chi connectivity index (χ3v) is 3.01. The molecule has 0 radical (unpaired) electrons. The van der Waals surface area contributed by atoms with Crippen LogP contribution in [-0.2, 0) is 0 Å². The summed E-state index contributed by atoms with van der Waals surface area (Å²) in [6.07, 6.45) is 1.93. The lowest BCUT2D eigenvalue weighted by Crippen LogP contribution is -2.14. The number of phenols is 1. The predicted octanol–water partition coefficient (Wildman–Crippen LogP) is 1.52. The summed E-state index contributed by atoms with van der Waals surface area (Å²) >= 11 is 0. The van der Waals surface area contributed by atoms with Gasteiger partial charge in [0.1, 0.15) is 17.1 Å². The Hall–Kier alpha value is -1.75. The van der Waals surface area contributed by atoms with Crippen molar-refractivity contribution in [2.45, 2.75) is 18.9 Å². The number of phenolic OH excluding ortho intramolecular Hbond substituents is 1. The molecular formula is C12H15NO4. The Bertz CT molecular complexity index is 438. The summed E-state index contributed by atoms with van der Waals surface area (Å²) in [5, 5.41) is 22.2. The van der Waals surface area contributed by atoms with E-state index in [9.17, 15) is 9.90 Å². The maximum atomic E-state index is 11.1. The molecule has 1 unspecified atom stereocenters. The second-order valence-electron chi connectivity index (χ2n) is 4.07. The first-order chi connectivity index (χ1) is 8.13. The van der Waals surface area contributed by atoms with Crippen molar-refractivity contribution in [1.29, 1.82) is 0 Å². The van der Waals surface area contributed by atoms with Crippen molar-refractivity contribution in [2.24, 2.45) is 0 Å². The predicted molar refractivity (Wildman–Crippen MR) is 61.6 cm³/mol. The second kappa shape index (κ2) is 4.63. The number of hydrogen-bond acceptors (Lipinski definition) is 4. The van der Waals surface area contributed by atoms with Gasteiger partial charge in [-0.1, -0.05) is 0 Å². The highest BCUT2D eigenvalue weighted by Gasteiger charge is 2.23. The van der Waals surface area contributed by atoms with Crippen LogP contribution in [0.2, 0.25) is 0 Å². The van der Waals surface area contributed by atoms with E-state index in [0.29, 0.717) is 5.56 Å². The van der Waals surface area contributed by atoms with Gasteiger partial charge < -0.3 is 20.3 Å². The van der Waals surface area contributed by atoms with E-state index < -0.39 is 5.97 Å². The molecule has 1 saturated heterocycles. The number of aromatic carboxylic acids is 1. The van der Waals surface area contributed by atoms with Crippen LogP contribution in [0.1, 0.15) is 34.8 Å². The molecule has 2 rings (SSSR count). The Morgan fingerprint density at radius 1 is 1.53 bits per heavy atom. The van der Waals surface area contributed by atoms with Gasteiger partial charge in [-0.2, -0.15) is 0 Å². The molecule has 0 saturated carbocycles. The standard InChI is InChI=1S/C12H15NO4/c1-17-11-6-10(14)7(5-8(11)12(15)16)9-3-2-4-13-9/h5-6,9,13-14H,2-4H2,1H3,(H,15,16). The molecule has 1 aliphatic rings. The molecule has 5 heteroatoms. The fourth-order valence-corrected chi connectivity index (χ4v) is 2.15. The van der Waals surface area contributed by atoms with E-state index in [1.165, 1.54) is 19.2 Å². The van der Waals surface area contributed by atoms with Crippen LogP contribution in [0.4, 0.5) is 0 Å². The first-order valence-electron chi connectivity index (χ1n) is 5.51. The zero-order valence-electron chi connectivity index (χ0n) is 9.56. The van der Waals surface area contributed by atoms with Crippen molar-refractivity contribution in [3.8, 4) is 11.5 Å². The topological polar surface area (TPSA) is 78.8 Å². The summed E-state index contributed by atoms with van der Waals surface area (Å²) in [5.41, 5.74) is 0.703. The maximum absolute atomic E-state index is 11.1. The van der Waals surface area contributed by atoms with Crippen LogP contribution >= 0.6 is 0 Å². The van der Waals surface area contributed by atoms with Crippen LogP contribution in [-0.4, -0.2) is 29.8 Å². The number of carboxylic acids is 1. The lowest BCUT2D eigenvalue weighted by molar-refractivity contribution is 0.0693. The lowest BCUT2D eigenvalue weighted by Gasteiger charge is -2.15. The van der Waals surface area contributed by atoms with Gasteiger partial charge in [-0.25, -0.2) is 4.79 Å². The van der Waals surface area contributed by atoms with Crippen molar-refractivity contribution in [1.82, 2.24) is 5.32 Å². The van der Waals surface area contributed by atoms with Crippen LogP contribution in [0.25, 0.3) is 0 Å². The molecule has 92 valence electrons. The summed E-state index contributed by atoms with van der Waals surface area (Å²) in [6.45, 7) is 0.887. The van der Waals surface area contributed by atoms with E-state index >= 15 is 0 Å². The van der Waals surface area contributed by atoms with Gasteiger partial charge in [-0.15, -0.1) is 0 Å². The van der Waals surface area contributed by atoms with Crippen molar-refractivity contribution in [3.63, 3.8) is 0 Å². The van der Waals surface area contributed by atoms with Crippen LogP contribution in [0.15, 0.2) is 12.1 Å². The fourth-order valence-electron chi connectivity index (χ4n) is 2.15. The van der Waals surface area contributed by atoms with E-state index in [1.54, 1.807) is 0 Å². The molecule has 1 aromatic rings. The summed E-state index contributed by atoms with van der Waals surface area (Å²) < 4.78 is 4.94. The summed E-state index contributed by atoms with van der Waals surface area (Å²) in [5.74, 6) is -0.802. The van der Waals surface area contributed by atoms with Crippen molar-refractivity contribution in [2.75, 3.05) is 13.7 Å². The van der Waals surface area contributed by atoms with Gasteiger partial charge in [-0.3, -0.25) is 0 Å². The van der Waals surface area contributed by atoms with Crippen molar-refractivity contribution in [3.05, 3.63) is 23.3 Å². The number of hydrogen-bond donors (Lipinski definition) is 3. The Morgan fingerprint density at radius 2 is 2.29 bits per heavy atom. The van der Waals surface area contributed by atoms with Crippen molar-refractivity contribution < 1.29 is 19.7 Å². The first-order valence-corrected chi connectivity index (χ1v) is 5.51. The molecule has 0 aromatic heterocycles. The van der Waals surface area contributed by atoms with Crippen LogP contribution in [0, 0.1) is 0 Å². The molecule has 0 spiro atoms. The van der Waals surface area contributed by atoms with Crippen LogP contribution in [0.5, 0.6) is 11.5 Å². The van der Waals surface area contributed by atoms with Gasteiger partial charge in [0.15, 0.2) is 0 Å². The zero-order chi connectivity index (χ0) is 12.4. The molecular weight excluding hydrogens is 222 g/mol. The molecule has 0 amide bonds. The molecule has 1 atom stereocenters. The minimum atomic E-state index is -1.05. The van der Waals surface area contributed by atoms with E-state index in [1.807, 2.05) is 0 Å². The number of carboxylic acid groups (broad SMARTS) is 1. The molecule has 3 N–H and O–H groups in total. The molecule has 17 heavy (non-hydrogen) atoms. The Morgan fingerprint density at radius 3 is 2.82 bits per heavy atom. The molecule has 1 fully saturated rings. The maximum Gasteiger partial charge on any atom is 0.339 e. The van der Waals surface area contributed by atoms with Crippen LogP contribution < -0.4 is 10.1 Å². The number of methoxy groups -OCH3 is 1. The number of ether oxygens (including phenoxy) is 1. The molecule has 1 heterocycles. The number of rotatable bonds is 3. The third kappa shape index (κ3) is 2.19. The fraction of sp³-hybridized carbons (Fsp3) is 0.417. The van der Waals surface area contributed by atoms with Crippen LogP contribution in [0.3, 0.4) is 0 Å². The SMILES string of the molecule is COc1cc(O)c(C2CCCN2)cc1C(=O)O. The normalized spacial score (nSPS) is 19.2. The highest BCUT2D eigenvalue weighted by molar-refractivity contribution is 5.91. The number of aromatic hydroxyl groups is 1. The zero-order valence-corrected chi connectivity index (χ0v) is 9.56. The molecule has 0 bridgehead atoms. The Kier molecular flexibility index (Phi) is 3.19. The van der Waals surface area contributed by atoms with Gasteiger partial charge >= 0.3 is 5.97 Å². The largest absolute Gasteiger partial charge is 0.507 e. The Balaban J connectivity index is 2.45. The highest BCUT2D eigenvalue weighted by atomic mass is 16.5. The summed E-state index contributed by atoms with van der Waals surface area (Å²) in [6, 6.07) is 2.87. The minimum Gasteiger partial charge on any atom is -0.507 e. The number of nitrogens with one attached hydrogen (secondary N) is 1. The molecule has 1 aliphatic heterocycles. The molecule has 5 nitrogen and oxygen atoms in total. The quantitative estimate of drug-likeness (QED) is 0.743. The van der Waals surface area contributed by atoms with E-state index in [4.69, 9.17) is 9.84 Å². The lowest BCUT2D eigenvalue weighted by atomic mass is 10.0. The second-order valence-corrected chi connectivity index (χ2v) is 4.07. The molecule has 1 aromatic carbocycles. The van der Waals surface area contributed by atoms with Crippen molar-refractivity contribution >= 4 is 5.97 Å². The number of benzene rings is 1. The van der Waals surface area contributed by atoms with E-state index in [2.05, 4.69) is 5.32 Å². The summed E-state index contributed by atoms with van der Waals surface area (Å²) in [7, 11) is 1.38. The van der Waals surface area contributed by atoms with Gasteiger partial charge in [-0.05, 0) is 25.5 Å². The van der Waals surface area contributed by atoms with E-state index in [-0.39, 0.29) is 23.1 Å².